The number of hydrogen-bond donors (Lipinski definition) is 1. The molecular formula is C4H8S2. The first-order valence-electron chi connectivity index (χ1n) is 1.75. The molecule has 36 valence electrons. The van der Waals surface area contributed by atoms with Gasteiger partial charge in [0.15, 0.2) is 0 Å². The second-order valence-corrected chi connectivity index (χ2v) is 2.40. The summed E-state index contributed by atoms with van der Waals surface area (Å²) in [6.45, 7) is 2.00. The second-order valence-electron chi connectivity index (χ2n) is 0.765. The van der Waals surface area contributed by atoms with Crippen LogP contribution < -0.4 is 0 Å². The summed E-state index contributed by atoms with van der Waals surface area (Å²) in [6, 6.07) is 0. The minimum Gasteiger partial charge on any atom is -0.168 e. The van der Waals surface area contributed by atoms with Crippen molar-refractivity contribution >= 4 is 24.4 Å². The van der Waals surface area contributed by atoms with Crippen LogP contribution in [0.4, 0.5) is 0 Å². The zero-order valence-electron chi connectivity index (χ0n) is 3.72. The van der Waals surface area contributed by atoms with Crippen LogP contribution in [0.25, 0.3) is 0 Å². The summed E-state index contributed by atoms with van der Waals surface area (Å²) in [7, 11) is 0. The molecule has 0 saturated heterocycles. The van der Waals surface area contributed by atoms with E-state index in [1.807, 2.05) is 18.4 Å². The van der Waals surface area contributed by atoms with Crippen molar-refractivity contribution in [2.75, 3.05) is 5.08 Å². The molecule has 0 aliphatic carbocycles. The molecule has 0 bridgehead atoms. The van der Waals surface area contributed by atoms with Gasteiger partial charge in [-0.15, -0.1) is 11.8 Å². The standard InChI is InChI=1S/C4H8S2/c1-2-3-6-4-5/h2-3,5H,4H2,1H3/b3-2-. The Hall–Kier alpha value is 0.440. The van der Waals surface area contributed by atoms with E-state index in [1.165, 1.54) is 0 Å². The van der Waals surface area contributed by atoms with Crippen molar-refractivity contribution in [3.05, 3.63) is 11.5 Å². The van der Waals surface area contributed by atoms with Gasteiger partial charge in [-0.05, 0) is 12.3 Å². The lowest BCUT2D eigenvalue weighted by atomic mass is 10.8. The average molecular weight is 120 g/mol. The van der Waals surface area contributed by atoms with E-state index in [0.717, 1.165) is 5.08 Å². The Morgan fingerprint density at radius 2 is 2.50 bits per heavy atom. The third-order valence-corrected chi connectivity index (χ3v) is 1.37. The van der Waals surface area contributed by atoms with E-state index in [2.05, 4.69) is 12.6 Å². The van der Waals surface area contributed by atoms with Crippen molar-refractivity contribution in [1.29, 1.82) is 0 Å². The second kappa shape index (κ2) is 5.44. The molecule has 0 radical (unpaired) electrons. The maximum absolute atomic E-state index is 3.97. The molecule has 0 aliphatic rings. The molecule has 0 amide bonds. The monoisotopic (exact) mass is 120 g/mol. The summed E-state index contributed by atoms with van der Waals surface area (Å²) in [4.78, 5) is 0. The third kappa shape index (κ3) is 4.44. The molecule has 0 nitrogen and oxygen atoms in total. The molecule has 2 heteroatoms. The molecule has 0 aromatic carbocycles. The summed E-state index contributed by atoms with van der Waals surface area (Å²) in [6.07, 6.45) is 2.00. The number of allylic oxidation sites excluding steroid dienone is 1. The van der Waals surface area contributed by atoms with Crippen molar-refractivity contribution in [2.45, 2.75) is 6.92 Å². The first-order valence-corrected chi connectivity index (χ1v) is 3.43. The van der Waals surface area contributed by atoms with Crippen LogP contribution in [0.5, 0.6) is 0 Å². The van der Waals surface area contributed by atoms with Crippen LogP contribution in [0.1, 0.15) is 6.92 Å². The number of hydrogen-bond acceptors (Lipinski definition) is 2. The fraction of sp³-hybridized carbons (Fsp3) is 0.500. The molecule has 0 rings (SSSR count). The smallest absolute Gasteiger partial charge is 0.0403 e. The molecule has 0 heterocycles. The van der Waals surface area contributed by atoms with E-state index in [9.17, 15) is 0 Å². The largest absolute Gasteiger partial charge is 0.168 e. The number of thiol groups is 1. The average Bonchev–Trinajstić information content (AvgIpc) is 1.61. The van der Waals surface area contributed by atoms with Gasteiger partial charge in [0.05, 0.1) is 0 Å². The Kier molecular flexibility index (Phi) is 5.84. The zero-order chi connectivity index (χ0) is 4.83. The molecule has 0 saturated carbocycles. The van der Waals surface area contributed by atoms with Crippen LogP contribution in [-0.4, -0.2) is 5.08 Å². The van der Waals surface area contributed by atoms with Crippen LogP contribution in [0, 0.1) is 0 Å². The zero-order valence-corrected chi connectivity index (χ0v) is 5.43. The Labute approximate surface area is 48.4 Å². The number of rotatable bonds is 2. The lowest BCUT2D eigenvalue weighted by Crippen LogP contribution is -1.48. The maximum Gasteiger partial charge on any atom is 0.0403 e. The van der Waals surface area contributed by atoms with E-state index in [-0.39, 0.29) is 0 Å². The van der Waals surface area contributed by atoms with Gasteiger partial charge < -0.3 is 0 Å². The molecule has 0 aliphatic heterocycles. The van der Waals surface area contributed by atoms with E-state index < -0.39 is 0 Å². The van der Waals surface area contributed by atoms with Crippen LogP contribution in [0.3, 0.4) is 0 Å². The van der Waals surface area contributed by atoms with Crippen molar-refractivity contribution in [1.82, 2.24) is 0 Å². The number of thioether (sulfide) groups is 1. The quantitative estimate of drug-likeness (QED) is 0.430. The van der Waals surface area contributed by atoms with Crippen molar-refractivity contribution in [3.63, 3.8) is 0 Å². The van der Waals surface area contributed by atoms with Crippen LogP contribution in [-0.2, 0) is 0 Å². The van der Waals surface area contributed by atoms with Crippen LogP contribution >= 0.6 is 24.4 Å². The highest BCUT2D eigenvalue weighted by atomic mass is 32.2. The fourth-order valence-electron chi connectivity index (χ4n) is 0.139. The van der Waals surface area contributed by atoms with Crippen LogP contribution in [0.2, 0.25) is 0 Å². The highest BCUT2D eigenvalue weighted by molar-refractivity contribution is 8.11. The minimum absolute atomic E-state index is 0.879. The summed E-state index contributed by atoms with van der Waals surface area (Å²) in [5, 5.41) is 2.90. The molecule has 6 heavy (non-hydrogen) atoms. The Balaban J connectivity index is 2.66. The maximum atomic E-state index is 3.97. The fourth-order valence-corrected chi connectivity index (χ4v) is 0.676. The van der Waals surface area contributed by atoms with Gasteiger partial charge in [-0.25, -0.2) is 0 Å². The van der Waals surface area contributed by atoms with E-state index in [0.29, 0.717) is 0 Å². The minimum atomic E-state index is 0.879. The third-order valence-electron chi connectivity index (χ3n) is 0.307. The molecule has 0 aromatic heterocycles. The highest BCUT2D eigenvalue weighted by Crippen LogP contribution is 2.01. The predicted octanol–water partition coefficient (Wildman–Crippen LogP) is 2.14. The van der Waals surface area contributed by atoms with E-state index in [1.54, 1.807) is 11.8 Å². The van der Waals surface area contributed by atoms with E-state index >= 15 is 0 Å². The molecule has 0 N–H and O–H groups in total. The lowest BCUT2D eigenvalue weighted by molar-refractivity contribution is 1.79. The van der Waals surface area contributed by atoms with Crippen molar-refractivity contribution in [3.8, 4) is 0 Å². The Bertz CT molecular complexity index is 40.8. The normalized spacial score (nSPS) is 10.3. The van der Waals surface area contributed by atoms with Crippen molar-refractivity contribution < 1.29 is 0 Å². The summed E-state index contributed by atoms with van der Waals surface area (Å²) in [5.74, 6) is 0. The lowest BCUT2D eigenvalue weighted by Gasteiger charge is -1.76. The summed E-state index contributed by atoms with van der Waals surface area (Å²) in [5.41, 5.74) is 0. The summed E-state index contributed by atoms with van der Waals surface area (Å²) >= 11 is 5.66. The molecule has 0 unspecified atom stereocenters. The highest BCUT2D eigenvalue weighted by Gasteiger charge is 1.64. The van der Waals surface area contributed by atoms with Gasteiger partial charge in [-0.2, -0.15) is 12.6 Å². The van der Waals surface area contributed by atoms with Gasteiger partial charge in [-0.3, -0.25) is 0 Å². The first-order chi connectivity index (χ1) is 2.91. The van der Waals surface area contributed by atoms with Gasteiger partial charge in [0.1, 0.15) is 0 Å². The molecule has 0 aromatic rings. The molecular weight excluding hydrogens is 112 g/mol. The molecule has 0 spiro atoms. The van der Waals surface area contributed by atoms with E-state index in [4.69, 9.17) is 0 Å². The Morgan fingerprint density at radius 1 is 1.83 bits per heavy atom. The van der Waals surface area contributed by atoms with Gasteiger partial charge >= 0.3 is 0 Å². The predicted molar refractivity (Wildman–Crippen MR) is 36.3 cm³/mol. The topological polar surface area (TPSA) is 0 Å². The van der Waals surface area contributed by atoms with Gasteiger partial charge in [-0.1, -0.05) is 6.08 Å². The Morgan fingerprint density at radius 3 is 2.67 bits per heavy atom. The van der Waals surface area contributed by atoms with Gasteiger partial charge in [0, 0.05) is 5.08 Å². The molecule has 0 atom stereocenters. The van der Waals surface area contributed by atoms with Gasteiger partial charge in [0.25, 0.3) is 0 Å². The molecule has 0 fully saturated rings. The SMILES string of the molecule is C/C=C\SCS. The first kappa shape index (κ1) is 6.44. The summed E-state index contributed by atoms with van der Waals surface area (Å²) < 4.78 is 0. The van der Waals surface area contributed by atoms with Crippen molar-refractivity contribution in [2.24, 2.45) is 0 Å². The van der Waals surface area contributed by atoms with Gasteiger partial charge in [0.2, 0.25) is 0 Å². The van der Waals surface area contributed by atoms with Crippen LogP contribution in [0.15, 0.2) is 11.5 Å².